The minimum Gasteiger partial charge on any atom is -0.322 e. The lowest BCUT2D eigenvalue weighted by molar-refractivity contribution is 0.778. The molecule has 0 radical (unpaired) electrons. The maximum atomic E-state index is 8.99. The van der Waals surface area contributed by atoms with Crippen LogP contribution in [0.1, 0.15) is 17.0 Å². The zero-order valence-corrected chi connectivity index (χ0v) is 12.6. The molecule has 1 aromatic heterocycles. The van der Waals surface area contributed by atoms with Gasteiger partial charge < -0.3 is 4.57 Å². The molecule has 0 saturated carbocycles. The van der Waals surface area contributed by atoms with Crippen LogP contribution in [0.15, 0.2) is 42.5 Å². The zero-order chi connectivity index (χ0) is 14.8. The summed E-state index contributed by atoms with van der Waals surface area (Å²) < 4.78 is 2.03. The molecule has 0 saturated heterocycles. The highest BCUT2D eigenvalue weighted by molar-refractivity contribution is 6.31. The topological polar surface area (TPSA) is 41.6 Å². The van der Waals surface area contributed by atoms with Crippen molar-refractivity contribution in [3.8, 4) is 6.07 Å². The van der Waals surface area contributed by atoms with E-state index in [-0.39, 0.29) is 0 Å². The van der Waals surface area contributed by atoms with Gasteiger partial charge in [0, 0.05) is 11.6 Å². The molecule has 3 rings (SSSR count). The first kappa shape index (κ1) is 13.9. The molecule has 0 spiro atoms. The van der Waals surface area contributed by atoms with E-state index in [4.69, 9.17) is 28.5 Å². The van der Waals surface area contributed by atoms with Gasteiger partial charge in [0.25, 0.3) is 0 Å². The van der Waals surface area contributed by atoms with Gasteiger partial charge in [0.05, 0.1) is 28.5 Å². The summed E-state index contributed by atoms with van der Waals surface area (Å²) >= 11 is 12.1. The van der Waals surface area contributed by atoms with Crippen LogP contribution >= 0.6 is 23.2 Å². The second kappa shape index (κ2) is 5.77. The number of benzene rings is 2. The number of rotatable bonds is 3. The van der Waals surface area contributed by atoms with Crippen LogP contribution in [0.2, 0.25) is 5.02 Å². The van der Waals surface area contributed by atoms with Crippen LogP contribution in [0, 0.1) is 11.3 Å². The van der Waals surface area contributed by atoms with Crippen LogP contribution in [-0.2, 0) is 12.4 Å². The Hall–Kier alpha value is -2.02. The first-order valence-corrected chi connectivity index (χ1v) is 7.32. The van der Waals surface area contributed by atoms with Crippen molar-refractivity contribution in [3.05, 3.63) is 64.4 Å². The number of nitrogens with zero attached hydrogens (tertiary/aromatic N) is 3. The number of alkyl halides is 1. The lowest BCUT2D eigenvalue weighted by atomic mass is 10.1. The molecule has 0 aliphatic heterocycles. The van der Waals surface area contributed by atoms with E-state index < -0.39 is 0 Å². The Labute approximate surface area is 132 Å². The third-order valence-electron chi connectivity index (χ3n) is 3.31. The van der Waals surface area contributed by atoms with Crippen molar-refractivity contribution in [1.29, 1.82) is 5.26 Å². The summed E-state index contributed by atoms with van der Waals surface area (Å²) in [4.78, 5) is 4.52. The molecule has 0 atom stereocenters. The van der Waals surface area contributed by atoms with Crippen LogP contribution in [-0.4, -0.2) is 9.55 Å². The van der Waals surface area contributed by atoms with Crippen LogP contribution in [0.25, 0.3) is 11.0 Å². The minimum absolute atomic E-state index is 0.324. The fourth-order valence-corrected chi connectivity index (χ4v) is 2.72. The third-order valence-corrected chi connectivity index (χ3v) is 3.78. The number of imidazole rings is 1. The summed E-state index contributed by atoms with van der Waals surface area (Å²) in [5.74, 6) is 1.11. The van der Waals surface area contributed by atoms with Crippen molar-refractivity contribution in [2.75, 3.05) is 0 Å². The quantitative estimate of drug-likeness (QED) is 0.674. The highest BCUT2D eigenvalue weighted by Gasteiger charge is 2.11. The Morgan fingerprint density at radius 1 is 1.19 bits per heavy atom. The lowest BCUT2D eigenvalue weighted by Crippen LogP contribution is -2.04. The third kappa shape index (κ3) is 2.73. The average molecular weight is 316 g/mol. The van der Waals surface area contributed by atoms with Crippen LogP contribution in [0.5, 0.6) is 0 Å². The second-order valence-corrected chi connectivity index (χ2v) is 5.40. The van der Waals surface area contributed by atoms with Crippen molar-refractivity contribution in [3.63, 3.8) is 0 Å². The zero-order valence-electron chi connectivity index (χ0n) is 11.1. The average Bonchev–Trinajstić information content (AvgIpc) is 2.85. The van der Waals surface area contributed by atoms with Crippen molar-refractivity contribution < 1.29 is 0 Å². The van der Waals surface area contributed by atoms with E-state index in [0.29, 0.717) is 23.0 Å². The number of fused-ring (bicyclic) bond motifs is 1. The molecule has 3 nitrogen and oxygen atoms in total. The Bertz CT molecular complexity index is 846. The number of hydrogen-bond acceptors (Lipinski definition) is 2. The highest BCUT2D eigenvalue weighted by Crippen LogP contribution is 2.23. The van der Waals surface area contributed by atoms with Crippen molar-refractivity contribution in [2.45, 2.75) is 12.4 Å². The largest absolute Gasteiger partial charge is 0.322 e. The van der Waals surface area contributed by atoms with Crippen LogP contribution < -0.4 is 0 Å². The van der Waals surface area contributed by atoms with E-state index in [1.165, 1.54) is 0 Å². The first-order chi connectivity index (χ1) is 10.2. The number of halogens is 2. The van der Waals surface area contributed by atoms with Crippen LogP contribution in [0.3, 0.4) is 0 Å². The van der Waals surface area contributed by atoms with E-state index in [2.05, 4.69) is 11.1 Å². The first-order valence-electron chi connectivity index (χ1n) is 6.41. The summed E-state index contributed by atoms with van der Waals surface area (Å²) in [6, 6.07) is 15.2. The number of hydrogen-bond donors (Lipinski definition) is 0. The molecule has 3 aromatic rings. The molecule has 0 aliphatic rings. The van der Waals surface area contributed by atoms with Crippen LogP contribution in [0.4, 0.5) is 0 Å². The van der Waals surface area contributed by atoms with Gasteiger partial charge in [-0.25, -0.2) is 4.98 Å². The molecule has 2 aromatic carbocycles. The highest BCUT2D eigenvalue weighted by atomic mass is 35.5. The van der Waals surface area contributed by atoms with Gasteiger partial charge in [0.2, 0.25) is 0 Å². The van der Waals surface area contributed by atoms with Crippen molar-refractivity contribution in [2.24, 2.45) is 0 Å². The molecule has 0 bridgehead atoms. The smallest absolute Gasteiger partial charge is 0.125 e. The van der Waals surface area contributed by atoms with Gasteiger partial charge in [-0.2, -0.15) is 5.26 Å². The van der Waals surface area contributed by atoms with E-state index >= 15 is 0 Å². The van der Waals surface area contributed by atoms with E-state index in [9.17, 15) is 0 Å². The lowest BCUT2D eigenvalue weighted by Gasteiger charge is -2.08. The summed E-state index contributed by atoms with van der Waals surface area (Å²) in [5.41, 5.74) is 3.48. The molecular weight excluding hydrogens is 305 g/mol. The molecule has 0 fully saturated rings. The molecular formula is C16H11Cl2N3. The Morgan fingerprint density at radius 3 is 2.81 bits per heavy atom. The van der Waals surface area contributed by atoms with E-state index in [1.54, 1.807) is 6.07 Å². The molecule has 0 N–H and O–H groups in total. The van der Waals surface area contributed by atoms with Gasteiger partial charge in [0.15, 0.2) is 0 Å². The maximum absolute atomic E-state index is 8.99. The fourth-order valence-electron chi connectivity index (χ4n) is 2.35. The SMILES string of the molecule is N#Cc1cccc(Cn2c(CCl)nc3ccc(Cl)cc32)c1. The normalized spacial score (nSPS) is 10.7. The van der Waals surface area contributed by atoms with E-state index in [1.807, 2.05) is 41.0 Å². The van der Waals surface area contributed by atoms with Gasteiger partial charge in [-0.3, -0.25) is 0 Å². The molecule has 0 amide bonds. The van der Waals surface area contributed by atoms with Gasteiger partial charge in [-0.05, 0) is 35.9 Å². The molecule has 21 heavy (non-hydrogen) atoms. The van der Waals surface area contributed by atoms with Gasteiger partial charge >= 0.3 is 0 Å². The standard InChI is InChI=1S/C16H11Cl2N3/c17-8-16-20-14-5-4-13(18)7-15(14)21(16)10-12-3-1-2-11(6-12)9-19/h1-7H,8,10H2. The monoisotopic (exact) mass is 315 g/mol. The molecule has 0 aliphatic carbocycles. The van der Waals surface area contributed by atoms with E-state index in [0.717, 1.165) is 22.4 Å². The summed E-state index contributed by atoms with van der Waals surface area (Å²) in [6.45, 7) is 0.606. The maximum Gasteiger partial charge on any atom is 0.125 e. The summed E-state index contributed by atoms with van der Waals surface area (Å²) in [7, 11) is 0. The predicted octanol–water partition coefficient (Wildman–Crippen LogP) is 4.35. The van der Waals surface area contributed by atoms with Crippen molar-refractivity contribution >= 4 is 34.2 Å². The van der Waals surface area contributed by atoms with Gasteiger partial charge in [-0.1, -0.05) is 23.7 Å². The summed E-state index contributed by atoms with van der Waals surface area (Å²) in [6.07, 6.45) is 0. The second-order valence-electron chi connectivity index (χ2n) is 4.69. The predicted molar refractivity (Wildman–Crippen MR) is 84.6 cm³/mol. The fraction of sp³-hybridized carbons (Fsp3) is 0.125. The Morgan fingerprint density at radius 2 is 2.05 bits per heavy atom. The molecule has 1 heterocycles. The molecule has 0 unspecified atom stereocenters. The number of aromatic nitrogens is 2. The molecule has 104 valence electrons. The Balaban J connectivity index is 2.10. The molecule has 5 heteroatoms. The summed E-state index contributed by atoms with van der Waals surface area (Å²) in [5, 5.41) is 9.65. The minimum atomic E-state index is 0.324. The van der Waals surface area contributed by atoms with Gasteiger partial charge in [0.1, 0.15) is 5.82 Å². The Kier molecular flexibility index (Phi) is 3.83. The number of nitriles is 1. The van der Waals surface area contributed by atoms with Crippen molar-refractivity contribution in [1.82, 2.24) is 9.55 Å². The van der Waals surface area contributed by atoms with Gasteiger partial charge in [-0.15, -0.1) is 11.6 Å².